The number of ether oxygens (including phenoxy) is 1. The van der Waals surface area contributed by atoms with E-state index in [1.54, 1.807) is 0 Å². The van der Waals surface area contributed by atoms with Crippen molar-refractivity contribution in [3.63, 3.8) is 0 Å². The highest BCUT2D eigenvalue weighted by Gasteiger charge is 2.19. The van der Waals surface area contributed by atoms with E-state index in [1.807, 2.05) is 0 Å². The van der Waals surface area contributed by atoms with Gasteiger partial charge in [-0.15, -0.1) is 0 Å². The van der Waals surface area contributed by atoms with Crippen LogP contribution in [0.15, 0.2) is 0 Å². The minimum absolute atomic E-state index is 0.347. The summed E-state index contributed by atoms with van der Waals surface area (Å²) in [5, 5.41) is 0. The summed E-state index contributed by atoms with van der Waals surface area (Å²) >= 11 is 0. The molecule has 1 fully saturated rings. The molecule has 11 heavy (non-hydrogen) atoms. The van der Waals surface area contributed by atoms with E-state index < -0.39 is 0 Å². The Balaban J connectivity index is 2.21. The lowest BCUT2D eigenvalue weighted by Gasteiger charge is -2.29. The maximum absolute atomic E-state index is 5.75. The van der Waals surface area contributed by atoms with Crippen LogP contribution in [-0.2, 0) is 4.74 Å². The minimum atomic E-state index is 0.347. The Bertz CT molecular complexity index is 104. The SMILES string of the molecule is CCCC1CCCC(CN)O1. The van der Waals surface area contributed by atoms with Gasteiger partial charge in [0.05, 0.1) is 12.2 Å². The van der Waals surface area contributed by atoms with Gasteiger partial charge in [-0.1, -0.05) is 13.3 Å². The van der Waals surface area contributed by atoms with E-state index in [9.17, 15) is 0 Å². The third-order valence-corrected chi connectivity index (χ3v) is 2.31. The van der Waals surface area contributed by atoms with Gasteiger partial charge in [-0.2, -0.15) is 0 Å². The van der Waals surface area contributed by atoms with E-state index in [0.29, 0.717) is 18.8 Å². The molecule has 2 nitrogen and oxygen atoms in total. The van der Waals surface area contributed by atoms with Gasteiger partial charge in [0.1, 0.15) is 0 Å². The summed E-state index contributed by atoms with van der Waals surface area (Å²) in [5.41, 5.74) is 5.54. The molecule has 0 spiro atoms. The zero-order valence-electron chi connectivity index (χ0n) is 7.38. The molecule has 0 aliphatic carbocycles. The standard InChI is InChI=1S/C9H19NO/c1-2-4-8-5-3-6-9(7-10)11-8/h8-9H,2-7,10H2,1H3. The van der Waals surface area contributed by atoms with Crippen molar-refractivity contribution in [2.45, 2.75) is 51.2 Å². The maximum atomic E-state index is 5.75. The van der Waals surface area contributed by atoms with E-state index in [1.165, 1.54) is 25.7 Å². The Morgan fingerprint density at radius 2 is 2.09 bits per heavy atom. The molecule has 0 radical (unpaired) electrons. The average molecular weight is 157 g/mol. The smallest absolute Gasteiger partial charge is 0.0701 e. The monoisotopic (exact) mass is 157 g/mol. The molecular formula is C9H19NO. The molecule has 1 saturated heterocycles. The molecule has 2 N–H and O–H groups in total. The lowest BCUT2D eigenvalue weighted by atomic mass is 10.0. The predicted molar refractivity (Wildman–Crippen MR) is 46.5 cm³/mol. The van der Waals surface area contributed by atoms with Gasteiger partial charge >= 0.3 is 0 Å². The van der Waals surface area contributed by atoms with Crippen molar-refractivity contribution < 1.29 is 4.74 Å². The second-order valence-electron chi connectivity index (χ2n) is 3.34. The molecule has 1 aliphatic heterocycles. The highest BCUT2D eigenvalue weighted by atomic mass is 16.5. The van der Waals surface area contributed by atoms with Crippen molar-refractivity contribution in [1.82, 2.24) is 0 Å². The van der Waals surface area contributed by atoms with E-state index in [0.717, 1.165) is 6.42 Å². The third kappa shape index (κ3) is 2.80. The Morgan fingerprint density at radius 1 is 1.36 bits per heavy atom. The van der Waals surface area contributed by atoms with Gasteiger partial charge in [-0.3, -0.25) is 0 Å². The normalized spacial score (nSPS) is 32.2. The van der Waals surface area contributed by atoms with E-state index in [-0.39, 0.29) is 0 Å². The fourth-order valence-electron chi connectivity index (χ4n) is 1.69. The van der Waals surface area contributed by atoms with Crippen molar-refractivity contribution in [1.29, 1.82) is 0 Å². The fourth-order valence-corrected chi connectivity index (χ4v) is 1.69. The topological polar surface area (TPSA) is 35.2 Å². The summed E-state index contributed by atoms with van der Waals surface area (Å²) < 4.78 is 5.75. The maximum Gasteiger partial charge on any atom is 0.0701 e. The third-order valence-electron chi connectivity index (χ3n) is 2.31. The molecule has 0 aromatic carbocycles. The molecular weight excluding hydrogens is 138 g/mol. The number of rotatable bonds is 3. The molecule has 2 heteroatoms. The predicted octanol–water partition coefficient (Wildman–Crippen LogP) is 1.68. The van der Waals surface area contributed by atoms with E-state index in [2.05, 4.69) is 6.92 Å². The number of hydrogen-bond donors (Lipinski definition) is 1. The van der Waals surface area contributed by atoms with Crippen molar-refractivity contribution in [3.8, 4) is 0 Å². The number of nitrogens with two attached hydrogens (primary N) is 1. The number of hydrogen-bond acceptors (Lipinski definition) is 2. The summed E-state index contributed by atoms with van der Waals surface area (Å²) in [6, 6.07) is 0. The van der Waals surface area contributed by atoms with E-state index in [4.69, 9.17) is 10.5 Å². The van der Waals surface area contributed by atoms with Crippen LogP contribution >= 0.6 is 0 Å². The zero-order chi connectivity index (χ0) is 8.10. The summed E-state index contributed by atoms with van der Waals surface area (Å²) in [7, 11) is 0. The van der Waals surface area contributed by atoms with Crippen LogP contribution in [-0.4, -0.2) is 18.8 Å². The zero-order valence-corrected chi connectivity index (χ0v) is 7.38. The molecule has 0 amide bonds. The van der Waals surface area contributed by atoms with Crippen molar-refractivity contribution >= 4 is 0 Å². The van der Waals surface area contributed by atoms with Crippen LogP contribution in [0.3, 0.4) is 0 Å². The Kier molecular flexibility index (Phi) is 3.87. The first-order valence-corrected chi connectivity index (χ1v) is 4.72. The highest BCUT2D eigenvalue weighted by Crippen LogP contribution is 2.21. The summed E-state index contributed by atoms with van der Waals surface area (Å²) in [4.78, 5) is 0. The molecule has 0 aromatic heterocycles. The summed E-state index contributed by atoms with van der Waals surface area (Å²) in [5.74, 6) is 0. The van der Waals surface area contributed by atoms with Crippen LogP contribution in [0.25, 0.3) is 0 Å². The van der Waals surface area contributed by atoms with Crippen molar-refractivity contribution in [2.24, 2.45) is 5.73 Å². The van der Waals surface area contributed by atoms with Gasteiger partial charge in [-0.05, 0) is 25.7 Å². The Hall–Kier alpha value is -0.0800. The van der Waals surface area contributed by atoms with Crippen molar-refractivity contribution in [3.05, 3.63) is 0 Å². The lowest BCUT2D eigenvalue weighted by molar-refractivity contribution is -0.0479. The largest absolute Gasteiger partial charge is 0.374 e. The quantitative estimate of drug-likeness (QED) is 0.676. The first-order valence-electron chi connectivity index (χ1n) is 4.72. The molecule has 1 aliphatic rings. The van der Waals surface area contributed by atoms with Gasteiger partial charge in [0.15, 0.2) is 0 Å². The van der Waals surface area contributed by atoms with E-state index >= 15 is 0 Å². The molecule has 0 aromatic rings. The van der Waals surface area contributed by atoms with Crippen LogP contribution in [0.4, 0.5) is 0 Å². The molecule has 2 atom stereocenters. The lowest BCUT2D eigenvalue weighted by Crippen LogP contribution is -2.32. The minimum Gasteiger partial charge on any atom is -0.374 e. The summed E-state index contributed by atoms with van der Waals surface area (Å²) in [6.07, 6.45) is 6.98. The molecule has 0 saturated carbocycles. The van der Waals surface area contributed by atoms with Gasteiger partial charge < -0.3 is 10.5 Å². The molecule has 66 valence electrons. The fraction of sp³-hybridized carbons (Fsp3) is 1.00. The van der Waals surface area contributed by atoms with Crippen LogP contribution in [0.2, 0.25) is 0 Å². The molecule has 1 rings (SSSR count). The first-order chi connectivity index (χ1) is 5.36. The first kappa shape index (κ1) is 9.01. The van der Waals surface area contributed by atoms with Gasteiger partial charge in [-0.25, -0.2) is 0 Å². The average Bonchev–Trinajstić information content (AvgIpc) is 2.06. The Labute approximate surface area is 69.1 Å². The summed E-state index contributed by atoms with van der Waals surface area (Å²) in [6.45, 7) is 2.90. The van der Waals surface area contributed by atoms with Crippen LogP contribution in [0, 0.1) is 0 Å². The highest BCUT2D eigenvalue weighted by molar-refractivity contribution is 4.70. The van der Waals surface area contributed by atoms with Gasteiger partial charge in [0.2, 0.25) is 0 Å². The molecule has 0 bridgehead atoms. The second kappa shape index (κ2) is 4.73. The molecule has 1 heterocycles. The van der Waals surface area contributed by atoms with Crippen LogP contribution < -0.4 is 5.73 Å². The molecule has 2 unspecified atom stereocenters. The van der Waals surface area contributed by atoms with Crippen molar-refractivity contribution in [2.75, 3.05) is 6.54 Å². The van der Waals surface area contributed by atoms with Crippen LogP contribution in [0.5, 0.6) is 0 Å². The Morgan fingerprint density at radius 3 is 2.73 bits per heavy atom. The van der Waals surface area contributed by atoms with Crippen LogP contribution in [0.1, 0.15) is 39.0 Å². The van der Waals surface area contributed by atoms with Gasteiger partial charge in [0.25, 0.3) is 0 Å². The van der Waals surface area contributed by atoms with Gasteiger partial charge in [0, 0.05) is 6.54 Å². The second-order valence-corrected chi connectivity index (χ2v) is 3.34.